The molecule has 2 aromatic rings. The van der Waals surface area contributed by atoms with Crippen LogP contribution in [0.5, 0.6) is 0 Å². The summed E-state index contributed by atoms with van der Waals surface area (Å²) in [6, 6.07) is 8.81. The molecular weight excluding hydrogens is 298 g/mol. The summed E-state index contributed by atoms with van der Waals surface area (Å²) in [5.74, 6) is 0. The third-order valence-electron chi connectivity index (χ3n) is 2.24. The predicted molar refractivity (Wildman–Crippen MR) is 66.5 cm³/mol. The molecule has 0 saturated heterocycles. The van der Waals surface area contributed by atoms with Crippen molar-refractivity contribution >= 4 is 29.8 Å². The summed E-state index contributed by atoms with van der Waals surface area (Å²) in [6.07, 6.45) is 2.10. The first-order chi connectivity index (χ1) is 8.32. The van der Waals surface area contributed by atoms with Crippen molar-refractivity contribution in [1.29, 1.82) is 0 Å². The average Bonchev–Trinajstić information content (AvgIpc) is 2.79. The highest BCUT2D eigenvalue weighted by Gasteiger charge is 2.19. The second kappa shape index (κ2) is 4.42. The molecule has 0 bridgehead atoms. The number of nitrogens with zero attached hydrogens (tertiary/aromatic N) is 1. The Balaban J connectivity index is 2.54. The number of halogens is 1. The van der Waals surface area contributed by atoms with Gasteiger partial charge in [0, 0.05) is 23.1 Å². The zero-order valence-electron chi connectivity index (χ0n) is 8.89. The third kappa shape index (κ3) is 2.43. The van der Waals surface area contributed by atoms with Crippen molar-refractivity contribution in [1.82, 2.24) is 3.97 Å². The Morgan fingerprint density at radius 3 is 2.00 bits per heavy atom. The lowest BCUT2D eigenvalue weighted by Gasteiger charge is -2.04. The van der Waals surface area contributed by atoms with Crippen LogP contribution >= 0.6 is 10.7 Å². The van der Waals surface area contributed by atoms with Crippen LogP contribution in [0.3, 0.4) is 0 Å². The van der Waals surface area contributed by atoms with Crippen molar-refractivity contribution in [3.05, 3.63) is 48.8 Å². The number of benzene rings is 1. The van der Waals surface area contributed by atoms with Crippen LogP contribution in [0.1, 0.15) is 0 Å². The minimum atomic E-state index is -3.94. The van der Waals surface area contributed by atoms with E-state index in [1.165, 1.54) is 12.1 Å². The molecule has 0 unspecified atom stereocenters. The van der Waals surface area contributed by atoms with Gasteiger partial charge in [0.05, 0.1) is 4.90 Å². The molecule has 8 heteroatoms. The van der Waals surface area contributed by atoms with E-state index < -0.39 is 19.1 Å². The molecule has 0 fully saturated rings. The zero-order chi connectivity index (χ0) is 13.4. The van der Waals surface area contributed by atoms with E-state index in [1.54, 1.807) is 18.2 Å². The Morgan fingerprint density at radius 2 is 1.50 bits per heavy atom. The number of hydrogen-bond acceptors (Lipinski definition) is 4. The van der Waals surface area contributed by atoms with Crippen LogP contribution in [0.15, 0.2) is 58.6 Å². The molecule has 0 aliphatic heterocycles. The van der Waals surface area contributed by atoms with Crippen LogP contribution < -0.4 is 0 Å². The van der Waals surface area contributed by atoms with Crippen LogP contribution in [0.4, 0.5) is 0 Å². The van der Waals surface area contributed by atoms with Gasteiger partial charge in [-0.25, -0.2) is 20.8 Å². The Bertz CT molecular complexity index is 763. The number of hydrogen-bond donors (Lipinski definition) is 0. The predicted octanol–water partition coefficient (Wildman–Crippen LogP) is 1.65. The SMILES string of the molecule is O=S(=O)(Cl)c1ccn(S(=O)(=O)c2ccccc2)c1. The summed E-state index contributed by atoms with van der Waals surface area (Å²) in [6.45, 7) is 0. The molecule has 1 aromatic carbocycles. The molecule has 0 aliphatic rings. The van der Waals surface area contributed by atoms with Crippen molar-refractivity contribution in [2.24, 2.45) is 0 Å². The first-order valence-electron chi connectivity index (χ1n) is 4.75. The van der Waals surface area contributed by atoms with Gasteiger partial charge in [0.25, 0.3) is 19.1 Å². The zero-order valence-corrected chi connectivity index (χ0v) is 11.3. The third-order valence-corrected chi connectivity index (χ3v) is 5.23. The lowest BCUT2D eigenvalue weighted by Crippen LogP contribution is -2.10. The maximum absolute atomic E-state index is 12.1. The molecule has 0 radical (unpaired) electrons. The summed E-state index contributed by atoms with van der Waals surface area (Å²) in [7, 11) is -2.59. The fourth-order valence-corrected chi connectivity index (χ4v) is 3.39. The van der Waals surface area contributed by atoms with Crippen molar-refractivity contribution in [3.63, 3.8) is 0 Å². The van der Waals surface area contributed by atoms with E-state index in [1.807, 2.05) is 0 Å². The van der Waals surface area contributed by atoms with Gasteiger partial charge in [0.1, 0.15) is 4.90 Å². The number of rotatable bonds is 3. The molecule has 1 aromatic heterocycles. The average molecular weight is 306 g/mol. The molecule has 0 atom stereocenters. The Hall–Kier alpha value is -1.31. The van der Waals surface area contributed by atoms with Crippen molar-refractivity contribution < 1.29 is 16.8 Å². The van der Waals surface area contributed by atoms with Gasteiger partial charge in [-0.05, 0) is 18.2 Å². The minimum Gasteiger partial charge on any atom is -0.248 e. The Labute approximate surface area is 109 Å². The van der Waals surface area contributed by atoms with E-state index in [-0.39, 0.29) is 9.79 Å². The lowest BCUT2D eigenvalue weighted by atomic mass is 10.4. The van der Waals surface area contributed by atoms with Crippen LogP contribution in [-0.4, -0.2) is 20.8 Å². The second-order valence-corrected chi connectivity index (χ2v) is 7.84. The fourth-order valence-electron chi connectivity index (χ4n) is 1.37. The summed E-state index contributed by atoms with van der Waals surface area (Å²) in [4.78, 5) is -0.192. The lowest BCUT2D eigenvalue weighted by molar-refractivity contribution is 0.587. The van der Waals surface area contributed by atoms with Crippen LogP contribution in [0, 0.1) is 0 Å². The summed E-state index contributed by atoms with van der Waals surface area (Å²) >= 11 is 0. The highest BCUT2D eigenvalue weighted by molar-refractivity contribution is 8.13. The molecule has 0 spiro atoms. The van der Waals surface area contributed by atoms with E-state index in [0.29, 0.717) is 0 Å². The molecule has 0 saturated carbocycles. The highest BCUT2D eigenvalue weighted by Crippen LogP contribution is 2.19. The van der Waals surface area contributed by atoms with E-state index in [2.05, 4.69) is 0 Å². The Morgan fingerprint density at radius 1 is 0.889 bits per heavy atom. The molecule has 1 heterocycles. The molecule has 18 heavy (non-hydrogen) atoms. The highest BCUT2D eigenvalue weighted by atomic mass is 35.7. The molecule has 0 amide bonds. The van der Waals surface area contributed by atoms with Gasteiger partial charge in [0.2, 0.25) is 0 Å². The molecular formula is C10H8ClNO4S2. The number of aromatic nitrogens is 1. The topological polar surface area (TPSA) is 73.2 Å². The second-order valence-electron chi connectivity index (χ2n) is 3.43. The van der Waals surface area contributed by atoms with Crippen molar-refractivity contribution in [2.45, 2.75) is 9.79 Å². The van der Waals surface area contributed by atoms with Gasteiger partial charge in [-0.15, -0.1) is 0 Å². The van der Waals surface area contributed by atoms with Gasteiger partial charge in [-0.2, -0.15) is 0 Å². The van der Waals surface area contributed by atoms with E-state index in [0.717, 1.165) is 22.4 Å². The van der Waals surface area contributed by atoms with Gasteiger partial charge in [-0.3, -0.25) is 0 Å². The summed E-state index contributed by atoms with van der Waals surface area (Å²) in [5, 5.41) is 0. The van der Waals surface area contributed by atoms with Crippen molar-refractivity contribution in [2.75, 3.05) is 0 Å². The molecule has 2 rings (SSSR count). The van der Waals surface area contributed by atoms with Gasteiger partial charge in [0.15, 0.2) is 0 Å². The maximum atomic E-state index is 12.1. The summed E-state index contributed by atoms with van der Waals surface area (Å²) < 4.78 is 47.1. The molecule has 0 N–H and O–H groups in total. The van der Waals surface area contributed by atoms with Crippen molar-refractivity contribution in [3.8, 4) is 0 Å². The van der Waals surface area contributed by atoms with Crippen LogP contribution in [0.25, 0.3) is 0 Å². The standard InChI is InChI=1S/C10H8ClNO4S2/c11-17(13,14)10-6-7-12(8-10)18(15,16)9-4-2-1-3-5-9/h1-8H. The fraction of sp³-hybridized carbons (Fsp3) is 0. The van der Waals surface area contributed by atoms with Crippen LogP contribution in [0.2, 0.25) is 0 Å². The molecule has 5 nitrogen and oxygen atoms in total. The first-order valence-corrected chi connectivity index (χ1v) is 8.50. The van der Waals surface area contributed by atoms with Gasteiger partial charge >= 0.3 is 0 Å². The Kier molecular flexibility index (Phi) is 3.22. The summed E-state index contributed by atoms with van der Waals surface area (Å²) in [5.41, 5.74) is 0. The largest absolute Gasteiger partial charge is 0.267 e. The van der Waals surface area contributed by atoms with E-state index in [4.69, 9.17) is 10.7 Å². The smallest absolute Gasteiger partial charge is 0.248 e. The first kappa shape index (κ1) is 13.1. The van der Waals surface area contributed by atoms with E-state index in [9.17, 15) is 16.8 Å². The van der Waals surface area contributed by atoms with E-state index >= 15 is 0 Å². The maximum Gasteiger partial charge on any atom is 0.267 e. The normalized spacial score (nSPS) is 12.5. The quantitative estimate of drug-likeness (QED) is 0.808. The van der Waals surface area contributed by atoms with Gasteiger partial charge in [-0.1, -0.05) is 18.2 Å². The van der Waals surface area contributed by atoms with Crippen LogP contribution in [-0.2, 0) is 19.1 Å². The molecule has 0 aliphatic carbocycles. The minimum absolute atomic E-state index is 0.0686. The van der Waals surface area contributed by atoms with Gasteiger partial charge < -0.3 is 0 Å². The monoisotopic (exact) mass is 305 g/mol. The molecule has 96 valence electrons.